The number of nitrogens with one attached hydrogen (secondary N) is 1. The Hall–Kier alpha value is -2.80. The van der Waals surface area contributed by atoms with Crippen molar-refractivity contribution in [1.29, 1.82) is 0 Å². The van der Waals surface area contributed by atoms with Crippen LogP contribution in [0, 0.1) is 0 Å². The summed E-state index contributed by atoms with van der Waals surface area (Å²) in [5, 5.41) is 2.87. The molecule has 3 rings (SSSR count). The lowest BCUT2D eigenvalue weighted by atomic mass is 10.1. The van der Waals surface area contributed by atoms with E-state index in [9.17, 15) is 14.4 Å². The lowest BCUT2D eigenvalue weighted by Crippen LogP contribution is -2.30. The zero-order valence-electron chi connectivity index (χ0n) is 16.3. The van der Waals surface area contributed by atoms with E-state index in [0.29, 0.717) is 47.9 Å². The van der Waals surface area contributed by atoms with Crippen LogP contribution in [0.4, 0.5) is 5.69 Å². The van der Waals surface area contributed by atoms with Crippen molar-refractivity contribution >= 4 is 35.2 Å². The highest BCUT2D eigenvalue weighted by atomic mass is 32.2. The Morgan fingerprint density at radius 2 is 1.66 bits per heavy atom. The lowest BCUT2D eigenvalue weighted by Gasteiger charge is -2.13. The van der Waals surface area contributed by atoms with Crippen molar-refractivity contribution in [2.45, 2.75) is 19.8 Å². The smallest absolute Gasteiger partial charge is 0.261 e. The molecule has 1 heterocycles. The number of carbonyl (C=O) groups is 3. The second-order valence-electron chi connectivity index (χ2n) is 6.54. The van der Waals surface area contributed by atoms with E-state index in [4.69, 9.17) is 4.74 Å². The van der Waals surface area contributed by atoms with Gasteiger partial charge < -0.3 is 10.1 Å². The van der Waals surface area contributed by atoms with E-state index in [1.165, 1.54) is 16.7 Å². The van der Waals surface area contributed by atoms with Crippen molar-refractivity contribution in [2.75, 3.05) is 30.0 Å². The molecule has 0 aliphatic carbocycles. The maximum Gasteiger partial charge on any atom is 0.261 e. The average Bonchev–Trinajstić information content (AvgIpc) is 2.97. The third kappa shape index (κ3) is 5.17. The van der Waals surface area contributed by atoms with E-state index in [2.05, 4.69) is 5.32 Å². The zero-order valence-corrected chi connectivity index (χ0v) is 17.2. The van der Waals surface area contributed by atoms with Gasteiger partial charge in [-0.05, 0) is 49.8 Å². The zero-order chi connectivity index (χ0) is 20.6. The van der Waals surface area contributed by atoms with Crippen LogP contribution < -0.4 is 10.1 Å². The number of unbranched alkanes of at least 4 members (excludes halogenated alkanes) is 1. The maximum absolute atomic E-state index is 12.3. The summed E-state index contributed by atoms with van der Waals surface area (Å²) in [6, 6.07) is 14.3. The summed E-state index contributed by atoms with van der Waals surface area (Å²) >= 11 is 1.53. The Morgan fingerprint density at radius 1 is 1.00 bits per heavy atom. The molecule has 2 aromatic rings. The number of rotatable bonds is 10. The number of benzene rings is 2. The molecule has 2 aromatic carbocycles. The molecule has 0 saturated carbocycles. The topological polar surface area (TPSA) is 75.7 Å². The number of carbonyl (C=O) groups excluding carboxylic acids is 3. The van der Waals surface area contributed by atoms with Crippen molar-refractivity contribution in [2.24, 2.45) is 0 Å². The van der Waals surface area contributed by atoms with E-state index >= 15 is 0 Å². The highest BCUT2D eigenvalue weighted by molar-refractivity contribution is 7.99. The summed E-state index contributed by atoms with van der Waals surface area (Å²) in [6.45, 7) is 2.84. The molecule has 0 fully saturated rings. The average molecular weight is 413 g/mol. The van der Waals surface area contributed by atoms with Crippen LogP contribution in [0.5, 0.6) is 5.75 Å². The maximum atomic E-state index is 12.3. The first kappa shape index (κ1) is 20.9. The number of hydrogen-bond acceptors (Lipinski definition) is 5. The van der Waals surface area contributed by atoms with E-state index < -0.39 is 0 Å². The van der Waals surface area contributed by atoms with Crippen LogP contribution in [0.25, 0.3) is 0 Å². The van der Waals surface area contributed by atoms with Crippen LogP contribution in [0.3, 0.4) is 0 Å². The summed E-state index contributed by atoms with van der Waals surface area (Å²) in [7, 11) is 0. The first-order valence-corrected chi connectivity index (χ1v) is 10.8. The Kier molecular flexibility index (Phi) is 7.30. The fourth-order valence-electron chi connectivity index (χ4n) is 3.12. The molecule has 1 aliphatic heterocycles. The minimum absolute atomic E-state index is 0.0810. The second kappa shape index (κ2) is 10.1. The predicted octanol–water partition coefficient (Wildman–Crippen LogP) is 3.83. The number of para-hydroxylation sites is 2. The largest absolute Gasteiger partial charge is 0.492 e. The number of nitrogens with zero attached hydrogens (tertiary/aromatic N) is 1. The van der Waals surface area contributed by atoms with Gasteiger partial charge in [0.15, 0.2) is 0 Å². The summed E-state index contributed by atoms with van der Waals surface area (Å²) in [6.07, 6.45) is 1.54. The van der Waals surface area contributed by atoms with Crippen LogP contribution in [0.2, 0.25) is 0 Å². The fraction of sp³-hybridized carbons (Fsp3) is 0.318. The van der Waals surface area contributed by atoms with Crippen molar-refractivity contribution in [3.05, 3.63) is 59.7 Å². The molecule has 0 aromatic heterocycles. The number of ether oxygens (including phenoxy) is 1. The molecule has 0 atom stereocenters. The minimum Gasteiger partial charge on any atom is -0.492 e. The molecule has 7 heteroatoms. The summed E-state index contributed by atoms with van der Waals surface area (Å²) in [5.41, 5.74) is 1.64. The summed E-state index contributed by atoms with van der Waals surface area (Å²) in [4.78, 5) is 38.1. The quantitative estimate of drug-likeness (QED) is 0.474. The summed E-state index contributed by atoms with van der Waals surface area (Å²) < 4.78 is 5.50. The van der Waals surface area contributed by atoms with Gasteiger partial charge >= 0.3 is 0 Å². The first-order valence-electron chi connectivity index (χ1n) is 9.66. The van der Waals surface area contributed by atoms with Crippen molar-refractivity contribution in [3.8, 4) is 5.75 Å². The van der Waals surface area contributed by atoms with Gasteiger partial charge in [0.2, 0.25) is 5.91 Å². The van der Waals surface area contributed by atoms with Gasteiger partial charge in [-0.1, -0.05) is 24.3 Å². The molecule has 3 amide bonds. The molecule has 0 radical (unpaired) electrons. The van der Waals surface area contributed by atoms with E-state index in [0.717, 1.165) is 12.2 Å². The molecule has 0 unspecified atom stereocenters. The highest BCUT2D eigenvalue weighted by Gasteiger charge is 2.34. The number of amides is 3. The van der Waals surface area contributed by atoms with E-state index in [1.54, 1.807) is 24.3 Å². The number of thioether (sulfide) groups is 1. The van der Waals surface area contributed by atoms with Gasteiger partial charge in [-0.25, -0.2) is 0 Å². The third-order valence-corrected chi connectivity index (χ3v) is 5.54. The Labute approximate surface area is 174 Å². The third-order valence-electron chi connectivity index (χ3n) is 4.49. The predicted molar refractivity (Wildman–Crippen MR) is 115 cm³/mol. The Morgan fingerprint density at radius 3 is 2.34 bits per heavy atom. The van der Waals surface area contributed by atoms with Crippen molar-refractivity contribution in [1.82, 2.24) is 4.90 Å². The molecule has 1 N–H and O–H groups in total. The van der Waals surface area contributed by atoms with Gasteiger partial charge in [-0.3, -0.25) is 19.3 Å². The number of imide groups is 1. The molecule has 0 bridgehead atoms. The van der Waals surface area contributed by atoms with Gasteiger partial charge in [0.25, 0.3) is 11.8 Å². The normalized spacial score (nSPS) is 12.8. The van der Waals surface area contributed by atoms with Gasteiger partial charge in [-0.15, -0.1) is 0 Å². The van der Waals surface area contributed by atoms with Crippen LogP contribution in [0.15, 0.2) is 48.5 Å². The monoisotopic (exact) mass is 412 g/mol. The lowest BCUT2D eigenvalue weighted by molar-refractivity contribution is -0.113. The second-order valence-corrected chi connectivity index (χ2v) is 7.65. The molecule has 1 aliphatic rings. The number of hydrogen-bond donors (Lipinski definition) is 1. The fourth-order valence-corrected chi connectivity index (χ4v) is 3.93. The molecule has 6 nitrogen and oxygen atoms in total. The van der Waals surface area contributed by atoms with Crippen LogP contribution in [-0.2, 0) is 4.79 Å². The number of fused-ring (bicyclic) bond motifs is 1. The number of anilines is 1. The Bertz CT molecular complexity index is 865. The van der Waals surface area contributed by atoms with Gasteiger partial charge in [0.1, 0.15) is 5.75 Å². The van der Waals surface area contributed by atoms with Gasteiger partial charge in [0.05, 0.1) is 29.2 Å². The van der Waals surface area contributed by atoms with Crippen molar-refractivity contribution < 1.29 is 19.1 Å². The summed E-state index contributed by atoms with van der Waals surface area (Å²) in [5.74, 6) is 1.27. The SMILES string of the molecule is CCOc1ccccc1NC(=O)CSCCCCN1C(=O)c2ccccc2C1=O. The molecule has 29 heavy (non-hydrogen) atoms. The Balaban J connectivity index is 1.35. The molecular weight excluding hydrogens is 388 g/mol. The molecule has 0 spiro atoms. The standard InChI is InChI=1S/C22H24N2O4S/c1-2-28-19-12-6-5-11-18(19)23-20(25)15-29-14-8-7-13-24-21(26)16-9-3-4-10-17(16)22(24)27/h3-6,9-12H,2,7-8,13-15H2,1H3,(H,23,25). The van der Waals surface area contributed by atoms with Gasteiger partial charge in [-0.2, -0.15) is 11.8 Å². The van der Waals surface area contributed by atoms with E-state index in [1.807, 2.05) is 31.2 Å². The van der Waals surface area contributed by atoms with Crippen LogP contribution in [0.1, 0.15) is 40.5 Å². The minimum atomic E-state index is -0.217. The van der Waals surface area contributed by atoms with Gasteiger partial charge in [0, 0.05) is 6.54 Å². The molecule has 152 valence electrons. The van der Waals surface area contributed by atoms with E-state index in [-0.39, 0.29) is 17.7 Å². The van der Waals surface area contributed by atoms with Crippen LogP contribution >= 0.6 is 11.8 Å². The highest BCUT2D eigenvalue weighted by Crippen LogP contribution is 2.24. The first-order chi connectivity index (χ1) is 14.1. The van der Waals surface area contributed by atoms with Crippen molar-refractivity contribution in [3.63, 3.8) is 0 Å². The molecule has 0 saturated heterocycles. The molecular formula is C22H24N2O4S. The van der Waals surface area contributed by atoms with Crippen LogP contribution in [-0.4, -0.2) is 47.3 Å².